The Labute approximate surface area is 210 Å². The Kier molecular flexibility index (Phi) is 8.34. The molecule has 1 aliphatic heterocycles. The number of nitrogens with one attached hydrogen (secondary N) is 1. The number of amides is 1. The van der Waals surface area contributed by atoms with E-state index in [0.717, 1.165) is 19.2 Å². The Morgan fingerprint density at radius 3 is 2.43 bits per heavy atom. The van der Waals surface area contributed by atoms with E-state index in [2.05, 4.69) is 9.71 Å². The van der Waals surface area contributed by atoms with Crippen LogP contribution in [0.2, 0.25) is 10.0 Å². The van der Waals surface area contributed by atoms with Gasteiger partial charge in [-0.05, 0) is 38.1 Å². The molecule has 1 aliphatic rings. The maximum atomic E-state index is 13.3. The molecule has 0 bridgehead atoms. The topological polar surface area (TPSA) is 97.8 Å². The van der Waals surface area contributed by atoms with Gasteiger partial charge in [0.25, 0.3) is 5.91 Å². The summed E-state index contributed by atoms with van der Waals surface area (Å²) in [4.78, 5) is 18.2. The Balaban J connectivity index is 1.97. The van der Waals surface area contributed by atoms with E-state index in [1.165, 1.54) is 17.2 Å². The number of hydrogen-bond donors (Lipinski definition) is 1. The molecule has 35 heavy (non-hydrogen) atoms. The second-order valence-electron chi connectivity index (χ2n) is 7.94. The monoisotopic (exact) mass is 555 g/mol. The predicted octanol–water partition coefficient (Wildman–Crippen LogP) is 4.28. The van der Waals surface area contributed by atoms with Crippen LogP contribution in [0.4, 0.5) is 13.2 Å². The van der Waals surface area contributed by atoms with Crippen LogP contribution in [0.15, 0.2) is 35.4 Å². The molecule has 2 heterocycles. The molecular formula is C21H22Cl2F3N3O5S. The summed E-state index contributed by atoms with van der Waals surface area (Å²) >= 11 is 11.6. The van der Waals surface area contributed by atoms with Crippen molar-refractivity contribution in [1.82, 2.24) is 14.6 Å². The molecule has 1 N–H and O–H groups in total. The lowest BCUT2D eigenvalue weighted by atomic mass is 10.1. The summed E-state index contributed by atoms with van der Waals surface area (Å²) in [6.45, 7) is 4.17. The van der Waals surface area contributed by atoms with E-state index in [4.69, 9.17) is 32.7 Å². The second kappa shape index (κ2) is 10.6. The smallest absolute Gasteiger partial charge is 0.372 e. The number of morpholine rings is 1. The summed E-state index contributed by atoms with van der Waals surface area (Å²) < 4.78 is 78.7. The van der Waals surface area contributed by atoms with Gasteiger partial charge in [0.15, 0.2) is 0 Å². The summed E-state index contributed by atoms with van der Waals surface area (Å²) in [5, 5.41) is -0.562. The average Bonchev–Trinajstić information content (AvgIpc) is 2.75. The number of nitrogens with zero attached hydrogens (tertiary/aromatic N) is 2. The minimum atomic E-state index is -4.87. The number of aromatic nitrogens is 1. The molecule has 1 aromatic carbocycles. The van der Waals surface area contributed by atoms with Gasteiger partial charge in [-0.25, -0.2) is 13.4 Å². The lowest BCUT2D eigenvalue weighted by Gasteiger charge is -2.35. The second-order valence-corrected chi connectivity index (χ2v) is 10.5. The number of hydrogen-bond acceptors (Lipinski definition) is 6. The summed E-state index contributed by atoms with van der Waals surface area (Å²) in [5.41, 5.74) is -1.45. The van der Waals surface area contributed by atoms with Gasteiger partial charge in [0.05, 0.1) is 32.7 Å². The number of ether oxygens (including phenoxy) is 2. The number of alkyl halides is 3. The normalized spacial score (nSPS) is 20.1. The quantitative estimate of drug-likeness (QED) is 0.534. The van der Waals surface area contributed by atoms with Crippen molar-refractivity contribution in [2.75, 3.05) is 20.2 Å². The van der Waals surface area contributed by atoms with Crippen molar-refractivity contribution in [3.8, 4) is 0 Å². The first-order valence-corrected chi connectivity index (χ1v) is 12.5. The number of sulfonamides is 1. The number of halogens is 5. The molecule has 0 spiro atoms. The van der Waals surface area contributed by atoms with E-state index in [1.807, 2.05) is 0 Å². The Morgan fingerprint density at radius 2 is 1.86 bits per heavy atom. The van der Waals surface area contributed by atoms with E-state index in [0.29, 0.717) is 6.07 Å². The molecule has 0 aliphatic carbocycles. The SMILES string of the molecule is COC(NS(=O)(=O)c1ccc(Cl)c(C(F)(F)F)c1)c1cc(Cl)cnc1C(=O)N1CC(C)OC(C)C1. The summed E-state index contributed by atoms with van der Waals surface area (Å²) in [6, 6.07) is 3.47. The van der Waals surface area contributed by atoms with Crippen molar-refractivity contribution in [1.29, 1.82) is 0 Å². The molecule has 3 rings (SSSR count). The van der Waals surface area contributed by atoms with E-state index >= 15 is 0 Å². The van der Waals surface area contributed by atoms with Gasteiger partial charge in [-0.15, -0.1) is 0 Å². The predicted molar refractivity (Wildman–Crippen MR) is 122 cm³/mol. The van der Waals surface area contributed by atoms with Crippen molar-refractivity contribution in [3.63, 3.8) is 0 Å². The summed E-state index contributed by atoms with van der Waals surface area (Å²) in [5.74, 6) is -0.509. The number of rotatable bonds is 6. The van der Waals surface area contributed by atoms with Gasteiger partial charge in [-0.1, -0.05) is 23.2 Å². The Hall–Kier alpha value is -1.96. The molecule has 3 unspecified atom stereocenters. The first kappa shape index (κ1) is 27.6. The maximum absolute atomic E-state index is 13.3. The van der Waals surface area contributed by atoms with Crippen molar-refractivity contribution >= 4 is 39.1 Å². The van der Waals surface area contributed by atoms with E-state index in [1.54, 1.807) is 13.8 Å². The fourth-order valence-electron chi connectivity index (χ4n) is 3.66. The molecule has 192 valence electrons. The molecule has 1 amide bonds. The Bertz CT molecular complexity index is 1200. The zero-order valence-electron chi connectivity index (χ0n) is 18.8. The molecular weight excluding hydrogens is 534 g/mol. The molecule has 2 aromatic rings. The highest BCUT2D eigenvalue weighted by atomic mass is 35.5. The molecule has 0 saturated carbocycles. The lowest BCUT2D eigenvalue weighted by molar-refractivity contribution is -0.137. The molecule has 0 radical (unpaired) electrons. The van der Waals surface area contributed by atoms with Crippen LogP contribution >= 0.6 is 23.2 Å². The third-order valence-corrected chi connectivity index (χ3v) is 7.06. The highest BCUT2D eigenvalue weighted by Crippen LogP contribution is 2.36. The standard InChI is InChI=1S/C21H22Cl2F3N3O5S/c1-11-9-29(10-12(2)34-11)20(30)18-15(6-13(22)8-27-18)19(33-3)28-35(31,32)14-4-5-17(23)16(7-14)21(24,25)26/h4-8,11-12,19,28H,9-10H2,1-3H3. The van der Waals surface area contributed by atoms with Crippen molar-refractivity contribution in [2.24, 2.45) is 0 Å². The molecule has 1 fully saturated rings. The third-order valence-electron chi connectivity index (χ3n) is 5.13. The number of carbonyl (C=O) groups excluding carboxylic acids is 1. The number of benzene rings is 1. The van der Waals surface area contributed by atoms with Crippen LogP contribution in [-0.4, -0.2) is 56.6 Å². The van der Waals surface area contributed by atoms with Crippen molar-refractivity contribution in [2.45, 2.75) is 43.4 Å². The number of carbonyl (C=O) groups is 1. The largest absolute Gasteiger partial charge is 0.417 e. The molecule has 8 nitrogen and oxygen atoms in total. The first-order chi connectivity index (χ1) is 16.2. The zero-order chi connectivity index (χ0) is 26.1. The molecule has 3 atom stereocenters. The van der Waals surface area contributed by atoms with E-state index in [-0.39, 0.29) is 41.6 Å². The van der Waals surface area contributed by atoms with Gasteiger partial charge in [0.2, 0.25) is 10.0 Å². The van der Waals surface area contributed by atoms with Gasteiger partial charge >= 0.3 is 6.18 Å². The lowest BCUT2D eigenvalue weighted by Crippen LogP contribution is -2.48. The highest BCUT2D eigenvalue weighted by Gasteiger charge is 2.36. The third kappa shape index (κ3) is 6.43. The van der Waals surface area contributed by atoms with Gasteiger partial charge in [-0.3, -0.25) is 4.79 Å². The van der Waals surface area contributed by atoms with Gasteiger partial charge in [0, 0.05) is 32.0 Å². The fraction of sp³-hybridized carbons (Fsp3) is 0.429. The van der Waals surface area contributed by atoms with Crippen LogP contribution in [0.1, 0.15) is 41.7 Å². The Morgan fingerprint density at radius 1 is 1.23 bits per heavy atom. The van der Waals surface area contributed by atoms with Crippen LogP contribution in [0, 0.1) is 0 Å². The van der Waals surface area contributed by atoms with Crippen molar-refractivity contribution in [3.05, 3.63) is 57.3 Å². The van der Waals surface area contributed by atoms with Crippen molar-refractivity contribution < 1.29 is 35.9 Å². The summed E-state index contributed by atoms with van der Waals surface area (Å²) in [6.07, 6.45) is -5.61. The summed E-state index contributed by atoms with van der Waals surface area (Å²) in [7, 11) is -3.41. The average molecular weight is 556 g/mol. The molecule has 1 saturated heterocycles. The zero-order valence-corrected chi connectivity index (χ0v) is 21.1. The van der Waals surface area contributed by atoms with Crippen LogP contribution in [0.3, 0.4) is 0 Å². The van der Waals surface area contributed by atoms with Gasteiger partial charge in [-0.2, -0.15) is 17.9 Å². The first-order valence-electron chi connectivity index (χ1n) is 10.2. The molecule has 14 heteroatoms. The van der Waals surface area contributed by atoms with Crippen LogP contribution in [0.5, 0.6) is 0 Å². The number of pyridine rings is 1. The van der Waals surface area contributed by atoms with Crippen LogP contribution < -0.4 is 4.72 Å². The minimum absolute atomic E-state index is 0.00891. The van der Waals surface area contributed by atoms with Gasteiger partial charge < -0.3 is 14.4 Å². The van der Waals surface area contributed by atoms with E-state index < -0.39 is 43.8 Å². The minimum Gasteiger partial charge on any atom is -0.372 e. The molecule has 1 aromatic heterocycles. The van der Waals surface area contributed by atoms with Crippen LogP contribution in [0.25, 0.3) is 0 Å². The fourth-order valence-corrected chi connectivity index (χ4v) is 5.22. The van der Waals surface area contributed by atoms with Gasteiger partial charge in [0.1, 0.15) is 11.9 Å². The van der Waals surface area contributed by atoms with Crippen LogP contribution in [-0.2, 0) is 25.7 Å². The number of methoxy groups -OCH3 is 1. The van der Waals surface area contributed by atoms with E-state index in [9.17, 15) is 26.4 Å². The maximum Gasteiger partial charge on any atom is 0.417 e. The highest BCUT2D eigenvalue weighted by molar-refractivity contribution is 7.89.